The third-order valence-corrected chi connectivity index (χ3v) is 6.08. The van der Waals surface area contributed by atoms with Gasteiger partial charge in [0.1, 0.15) is 6.54 Å². The summed E-state index contributed by atoms with van der Waals surface area (Å²) in [5.74, 6) is -1.92. The molecule has 2 atom stereocenters. The molecular formula is C22H35Cl2FN12O3P+. The summed E-state index contributed by atoms with van der Waals surface area (Å²) in [6.07, 6.45) is 3.32. The van der Waals surface area contributed by atoms with Crippen LogP contribution in [0.1, 0.15) is 32.6 Å². The molecule has 2 aromatic rings. The van der Waals surface area contributed by atoms with Crippen molar-refractivity contribution in [1.29, 1.82) is 21.6 Å². The molecule has 0 saturated carbocycles. The third-order valence-electron chi connectivity index (χ3n) is 5.17. The van der Waals surface area contributed by atoms with Gasteiger partial charge in [0, 0.05) is 22.2 Å². The first-order valence-corrected chi connectivity index (χ1v) is 14.1. The second-order valence-electron chi connectivity index (χ2n) is 8.38. The van der Waals surface area contributed by atoms with E-state index in [1.54, 1.807) is 24.3 Å². The molecule has 0 aliphatic heterocycles. The molecule has 0 heterocycles. The van der Waals surface area contributed by atoms with Gasteiger partial charge in [-0.2, -0.15) is 5.43 Å². The zero-order chi connectivity index (χ0) is 31.4. The summed E-state index contributed by atoms with van der Waals surface area (Å²) in [5.41, 5.74) is 27.3. The Morgan fingerprint density at radius 1 is 1.00 bits per heavy atom. The van der Waals surface area contributed by atoms with Crippen molar-refractivity contribution in [3.8, 4) is 5.75 Å². The maximum atomic E-state index is 13.3. The van der Waals surface area contributed by atoms with E-state index in [0.29, 0.717) is 17.1 Å². The molecule has 0 spiro atoms. The molecule has 0 saturated heterocycles. The van der Waals surface area contributed by atoms with E-state index in [9.17, 15) is 8.76 Å². The molecule has 0 aromatic heterocycles. The molecule has 226 valence electrons. The van der Waals surface area contributed by atoms with Crippen molar-refractivity contribution < 1.29 is 18.2 Å². The lowest BCUT2D eigenvalue weighted by molar-refractivity contribution is 0.313. The molecule has 0 aliphatic rings. The average molecular weight is 636 g/mol. The highest BCUT2D eigenvalue weighted by Crippen LogP contribution is 2.48. The molecular weight excluding hydrogens is 601 g/mol. The Balaban J connectivity index is 0.000000474. The Morgan fingerprint density at radius 3 is 2.05 bits per heavy atom. The van der Waals surface area contributed by atoms with E-state index in [4.69, 9.17) is 72.7 Å². The molecule has 19 heteroatoms. The molecule has 41 heavy (non-hydrogen) atoms. The monoisotopic (exact) mass is 635 g/mol. The van der Waals surface area contributed by atoms with Crippen LogP contribution in [0.15, 0.2) is 42.5 Å². The van der Waals surface area contributed by atoms with Crippen LogP contribution in [0.3, 0.4) is 0 Å². The van der Waals surface area contributed by atoms with Crippen LogP contribution >= 0.6 is 31.1 Å². The van der Waals surface area contributed by atoms with Crippen molar-refractivity contribution in [3.05, 3.63) is 52.5 Å². The standard InChI is InChI=1S/C14H23ClFN6O3P.C8H11ClN6/c1-2-3-4-5-8-22(14(19)20,21-13(17)18)11-7-6-10(15)9-12(11)25-26(16,23)24;9-5-1-3-6(4-2-5)15(8(12)13)14-7(10)11/h6-7,9H,2-5,8H2,1H3,(H7-,17,18,19,20,21,23,24);1-4H,(H3,12,13)(H4,10,11,14)/p+1. The number of quaternary nitrogens is 1. The van der Waals surface area contributed by atoms with E-state index < -0.39 is 24.4 Å². The van der Waals surface area contributed by atoms with E-state index in [2.05, 4.69) is 15.4 Å². The Kier molecular flexibility index (Phi) is 13.6. The fourth-order valence-electron chi connectivity index (χ4n) is 3.50. The molecule has 15 N–H and O–H groups in total. The number of rotatable bonds is 9. The molecule has 0 bridgehead atoms. The highest BCUT2D eigenvalue weighted by atomic mass is 35.5. The first-order chi connectivity index (χ1) is 19.0. The number of nitrogens with zero attached hydrogens (tertiary/aromatic N) is 2. The number of hydrogen-bond acceptors (Lipinski definition) is 6. The highest BCUT2D eigenvalue weighted by molar-refractivity contribution is 7.47. The van der Waals surface area contributed by atoms with Gasteiger partial charge in [-0.1, -0.05) is 43.0 Å². The van der Waals surface area contributed by atoms with Crippen molar-refractivity contribution in [1.82, 2.24) is 15.4 Å². The summed E-state index contributed by atoms with van der Waals surface area (Å²) in [7, 11) is -5.40. The molecule has 2 aromatic carbocycles. The molecule has 0 fully saturated rings. The van der Waals surface area contributed by atoms with E-state index in [0.717, 1.165) is 25.3 Å². The largest absolute Gasteiger partial charge is 0.567 e. The predicted molar refractivity (Wildman–Crippen MR) is 162 cm³/mol. The number of hydrogen-bond donors (Lipinski definition) is 11. The van der Waals surface area contributed by atoms with Gasteiger partial charge in [0.15, 0.2) is 5.75 Å². The molecule has 0 aliphatic carbocycles. The van der Waals surface area contributed by atoms with Crippen LogP contribution in [0.2, 0.25) is 10.0 Å². The fraction of sp³-hybridized carbons (Fsp3) is 0.273. The first-order valence-electron chi connectivity index (χ1n) is 11.9. The van der Waals surface area contributed by atoms with Crippen molar-refractivity contribution >= 4 is 66.3 Å². The zero-order valence-corrected chi connectivity index (χ0v) is 24.5. The highest BCUT2D eigenvalue weighted by Gasteiger charge is 2.41. The minimum Gasteiger partial charge on any atom is -0.394 e. The maximum Gasteiger partial charge on any atom is 0.567 e. The van der Waals surface area contributed by atoms with E-state index in [-0.39, 0.29) is 34.9 Å². The van der Waals surface area contributed by atoms with Gasteiger partial charge in [0.2, 0.25) is 23.6 Å². The lowest BCUT2D eigenvalue weighted by Crippen LogP contribution is -2.69. The van der Waals surface area contributed by atoms with Gasteiger partial charge in [-0.15, -0.1) is 8.79 Å². The van der Waals surface area contributed by atoms with Gasteiger partial charge in [-0.05, 0) is 43.2 Å². The number of anilines is 1. The topological polar surface area (TPSA) is 273 Å². The van der Waals surface area contributed by atoms with Gasteiger partial charge in [0.25, 0.3) is 0 Å². The van der Waals surface area contributed by atoms with Crippen LogP contribution < -0.4 is 47.9 Å². The fourth-order valence-corrected chi connectivity index (χ4v) is 4.18. The molecule has 0 amide bonds. The average Bonchev–Trinajstić information content (AvgIpc) is 2.84. The van der Waals surface area contributed by atoms with Gasteiger partial charge >= 0.3 is 13.9 Å². The molecule has 0 radical (unpaired) electrons. The lowest BCUT2D eigenvalue weighted by Gasteiger charge is -2.35. The van der Waals surface area contributed by atoms with Crippen LogP contribution in [0.4, 0.5) is 15.6 Å². The Labute approximate surface area is 246 Å². The van der Waals surface area contributed by atoms with Crippen LogP contribution in [0.5, 0.6) is 5.75 Å². The quantitative estimate of drug-likeness (QED) is 0.0476. The number of halogens is 3. The van der Waals surface area contributed by atoms with Crippen molar-refractivity contribution in [2.75, 3.05) is 11.6 Å². The lowest BCUT2D eigenvalue weighted by atomic mass is 10.1. The van der Waals surface area contributed by atoms with E-state index in [1.165, 1.54) is 17.1 Å². The number of nitrogens with one attached hydrogen (secondary N) is 6. The number of unbranched alkanes of at least 4 members (excludes halogenated alkanes) is 3. The Morgan fingerprint density at radius 2 is 1.59 bits per heavy atom. The SMILES string of the molecule is CCCCCC[N+](NC(=N)N)(C(=N)N)c1ccc(Cl)cc1OP(=O)(O)F.N=C(N)NN(C(=N)N)c1ccc(Cl)cc1. The minimum absolute atomic E-state index is 0.0283. The van der Waals surface area contributed by atoms with E-state index in [1.807, 2.05) is 6.92 Å². The molecule has 2 rings (SSSR count). The van der Waals surface area contributed by atoms with Gasteiger partial charge in [0.05, 0.1) is 5.69 Å². The number of guanidine groups is 4. The van der Waals surface area contributed by atoms with E-state index >= 15 is 0 Å². The normalized spacial score (nSPS) is 13.3. The summed E-state index contributed by atoms with van der Waals surface area (Å²) in [6.45, 7) is 2.21. The smallest absolute Gasteiger partial charge is 0.394 e. The summed E-state index contributed by atoms with van der Waals surface area (Å²) >= 11 is 11.6. The second-order valence-corrected chi connectivity index (χ2v) is 10.3. The van der Waals surface area contributed by atoms with Crippen LogP contribution in [-0.4, -0.2) is 35.3 Å². The third kappa shape index (κ3) is 11.7. The summed E-state index contributed by atoms with van der Waals surface area (Å²) in [5, 5.41) is 31.8. The summed E-state index contributed by atoms with van der Waals surface area (Å²) in [4.78, 5) is 8.96. The van der Waals surface area contributed by atoms with Crippen molar-refractivity contribution in [2.45, 2.75) is 32.6 Å². The minimum atomic E-state index is -5.40. The van der Waals surface area contributed by atoms with Crippen molar-refractivity contribution in [3.63, 3.8) is 0 Å². The van der Waals surface area contributed by atoms with Gasteiger partial charge < -0.3 is 27.5 Å². The predicted octanol–water partition coefficient (Wildman–Crippen LogP) is 3.41. The van der Waals surface area contributed by atoms with Crippen LogP contribution in [-0.2, 0) is 4.57 Å². The van der Waals surface area contributed by atoms with Crippen LogP contribution in [0, 0.1) is 21.6 Å². The van der Waals surface area contributed by atoms with Crippen molar-refractivity contribution in [2.24, 2.45) is 22.9 Å². The Bertz CT molecular complexity index is 1280. The number of hydrazine groups is 1. The summed E-state index contributed by atoms with van der Waals surface area (Å²) in [6, 6.07) is 10.5. The zero-order valence-electron chi connectivity index (χ0n) is 22.1. The summed E-state index contributed by atoms with van der Waals surface area (Å²) < 4.78 is 28.2. The molecule has 2 unspecified atom stereocenters. The number of benzene rings is 2. The maximum absolute atomic E-state index is 13.3. The number of nitrogens with two attached hydrogens (primary N) is 4. The Hall–Kier alpha value is -3.82. The first kappa shape index (κ1) is 35.2. The molecule has 15 nitrogen and oxygen atoms in total. The second kappa shape index (κ2) is 15.8. The van der Waals surface area contributed by atoms with Crippen LogP contribution in [0.25, 0.3) is 0 Å². The van der Waals surface area contributed by atoms with Gasteiger partial charge in [-0.3, -0.25) is 26.5 Å². The van der Waals surface area contributed by atoms with Gasteiger partial charge in [-0.25, -0.2) is 15.0 Å².